The highest BCUT2D eigenvalue weighted by Crippen LogP contribution is 2.35. The molecule has 0 saturated heterocycles. The van der Waals surface area contributed by atoms with Crippen LogP contribution in [-0.4, -0.2) is 45.2 Å². The highest BCUT2D eigenvalue weighted by Gasteiger charge is 2.49. The molecule has 156 valence electrons. The van der Waals surface area contributed by atoms with Gasteiger partial charge in [-0.1, -0.05) is 36.3 Å². The van der Waals surface area contributed by atoms with E-state index in [1.54, 1.807) is 14.0 Å². The molecule has 0 unspecified atom stereocenters. The number of methoxy groups -OCH3 is 3. The number of carbonyl (C=O) groups excluding carboxylic acids is 3. The molecule has 28 heavy (non-hydrogen) atoms. The molecule has 0 spiro atoms. The average Bonchev–Trinajstić information content (AvgIpc) is 2.65. The second kappa shape index (κ2) is 11.0. The van der Waals surface area contributed by atoms with Crippen LogP contribution in [-0.2, 0) is 28.6 Å². The Bertz CT molecular complexity index is 655. The average molecular weight is 392 g/mol. The summed E-state index contributed by atoms with van der Waals surface area (Å²) in [5.74, 6) is -1.67. The van der Waals surface area contributed by atoms with Gasteiger partial charge in [0.25, 0.3) is 0 Å². The highest BCUT2D eigenvalue weighted by molar-refractivity contribution is 6.06. The number of ketones is 1. The zero-order valence-electron chi connectivity index (χ0n) is 17.7. The molecule has 0 bridgehead atoms. The predicted octanol–water partition coefficient (Wildman–Crippen LogP) is 3.56. The Morgan fingerprint density at radius 3 is 2.18 bits per heavy atom. The first-order chi connectivity index (χ1) is 13.2. The highest BCUT2D eigenvalue weighted by atomic mass is 16.5. The molecule has 0 fully saturated rings. The summed E-state index contributed by atoms with van der Waals surface area (Å²) in [6, 6.07) is 0. The number of hydrogen-bond donors (Lipinski definition) is 0. The molecule has 1 aliphatic rings. The quantitative estimate of drug-likeness (QED) is 0.540. The van der Waals surface area contributed by atoms with E-state index in [2.05, 4.69) is 6.92 Å². The summed E-state index contributed by atoms with van der Waals surface area (Å²) >= 11 is 0. The Hall–Kier alpha value is -2.21. The molecule has 0 radical (unpaired) electrons. The van der Waals surface area contributed by atoms with Gasteiger partial charge in [0.05, 0.1) is 20.3 Å². The second-order valence-electron chi connectivity index (χ2n) is 7.45. The number of ether oxygens (including phenoxy) is 3. The molecule has 1 aliphatic carbocycles. The Labute approximate surface area is 167 Å². The van der Waals surface area contributed by atoms with Gasteiger partial charge in [-0.3, -0.25) is 14.4 Å². The number of hydrogen-bond acceptors (Lipinski definition) is 6. The van der Waals surface area contributed by atoms with Crippen LogP contribution in [0.15, 0.2) is 35.5 Å². The van der Waals surface area contributed by atoms with Gasteiger partial charge in [0, 0.05) is 19.4 Å². The lowest BCUT2D eigenvalue weighted by molar-refractivity contribution is -0.170. The minimum atomic E-state index is -1.70. The van der Waals surface area contributed by atoms with Gasteiger partial charge in [0.2, 0.25) is 0 Å². The first-order valence-electron chi connectivity index (χ1n) is 9.43. The molecule has 2 atom stereocenters. The minimum absolute atomic E-state index is 0.0376. The van der Waals surface area contributed by atoms with E-state index in [1.165, 1.54) is 20.3 Å². The third-order valence-corrected chi connectivity index (χ3v) is 5.12. The van der Waals surface area contributed by atoms with Crippen LogP contribution in [0.4, 0.5) is 0 Å². The molecule has 6 heteroatoms. The van der Waals surface area contributed by atoms with Crippen molar-refractivity contribution in [3.05, 3.63) is 35.5 Å². The van der Waals surface area contributed by atoms with Gasteiger partial charge in [-0.15, -0.1) is 0 Å². The fourth-order valence-corrected chi connectivity index (χ4v) is 3.54. The maximum atomic E-state index is 12.7. The van der Waals surface area contributed by atoms with Gasteiger partial charge in [-0.05, 0) is 39.2 Å². The first-order valence-corrected chi connectivity index (χ1v) is 9.43. The van der Waals surface area contributed by atoms with E-state index in [0.29, 0.717) is 6.42 Å². The topological polar surface area (TPSA) is 78.9 Å². The summed E-state index contributed by atoms with van der Waals surface area (Å²) in [6.45, 7) is 5.73. The summed E-state index contributed by atoms with van der Waals surface area (Å²) in [6.07, 6.45) is 8.48. The smallest absolute Gasteiger partial charge is 0.324 e. The van der Waals surface area contributed by atoms with E-state index >= 15 is 0 Å². The summed E-state index contributed by atoms with van der Waals surface area (Å²) in [4.78, 5) is 37.8. The number of rotatable bonds is 3. The molecule has 0 aliphatic heterocycles. The van der Waals surface area contributed by atoms with Crippen molar-refractivity contribution in [2.75, 3.05) is 21.3 Å². The Balaban J connectivity index is 3.43. The maximum Gasteiger partial charge on any atom is 0.324 e. The zero-order valence-corrected chi connectivity index (χ0v) is 17.7. The lowest BCUT2D eigenvalue weighted by Gasteiger charge is -2.28. The maximum absolute atomic E-state index is 12.7. The van der Waals surface area contributed by atoms with E-state index in [9.17, 15) is 14.4 Å². The third kappa shape index (κ3) is 6.16. The van der Waals surface area contributed by atoms with Gasteiger partial charge in [0.15, 0.2) is 11.2 Å². The molecule has 0 N–H and O–H groups in total. The van der Waals surface area contributed by atoms with Crippen molar-refractivity contribution in [3.63, 3.8) is 0 Å². The van der Waals surface area contributed by atoms with Crippen molar-refractivity contribution in [1.82, 2.24) is 0 Å². The van der Waals surface area contributed by atoms with E-state index < -0.39 is 17.4 Å². The fourth-order valence-electron chi connectivity index (χ4n) is 3.54. The van der Waals surface area contributed by atoms with Crippen LogP contribution in [0.2, 0.25) is 0 Å². The van der Waals surface area contributed by atoms with Crippen LogP contribution in [0.1, 0.15) is 46.5 Å². The Kier molecular flexibility index (Phi) is 9.32. The second-order valence-corrected chi connectivity index (χ2v) is 7.45. The Morgan fingerprint density at radius 2 is 1.64 bits per heavy atom. The summed E-state index contributed by atoms with van der Waals surface area (Å²) in [7, 11) is 4.09. The van der Waals surface area contributed by atoms with E-state index in [0.717, 1.165) is 17.6 Å². The van der Waals surface area contributed by atoms with Crippen molar-refractivity contribution >= 4 is 17.7 Å². The van der Waals surface area contributed by atoms with Crippen LogP contribution < -0.4 is 0 Å². The fraction of sp³-hybridized carbons (Fsp3) is 0.591. The molecule has 1 rings (SSSR count). The van der Waals surface area contributed by atoms with Crippen LogP contribution >= 0.6 is 0 Å². The largest absolute Gasteiger partial charge is 0.468 e. The minimum Gasteiger partial charge on any atom is -0.468 e. The van der Waals surface area contributed by atoms with Gasteiger partial charge in [-0.25, -0.2) is 0 Å². The van der Waals surface area contributed by atoms with Crippen molar-refractivity contribution in [2.24, 2.45) is 11.3 Å². The molecule has 0 heterocycles. The standard InChI is InChI=1S/C22H32O6/c1-15-10-11-19(26-4)17(3)9-7-8-16(2)13-22(20(24)27-5,21(25)28-6)14-18(23)12-15/h7-9,12,17,19H,10-11,13-14H2,1-6H3/b9-7+,15-12-,16-8+/t17-,19-/m1/s1. The number of esters is 2. The van der Waals surface area contributed by atoms with Crippen molar-refractivity contribution in [1.29, 1.82) is 0 Å². The summed E-state index contributed by atoms with van der Waals surface area (Å²) in [5, 5.41) is 0. The van der Waals surface area contributed by atoms with Gasteiger partial charge < -0.3 is 14.2 Å². The Morgan fingerprint density at radius 1 is 1.04 bits per heavy atom. The van der Waals surface area contributed by atoms with Crippen molar-refractivity contribution in [3.8, 4) is 0 Å². The predicted molar refractivity (Wildman–Crippen MR) is 107 cm³/mol. The first kappa shape index (κ1) is 23.8. The van der Waals surface area contributed by atoms with Crippen LogP contribution in [0.3, 0.4) is 0 Å². The van der Waals surface area contributed by atoms with Crippen molar-refractivity contribution < 1.29 is 28.6 Å². The molecular formula is C22H32O6. The molecular weight excluding hydrogens is 360 g/mol. The number of allylic oxidation sites excluding steroid dienone is 5. The molecule has 0 amide bonds. The molecule has 0 aromatic heterocycles. The number of carbonyl (C=O) groups is 3. The van der Waals surface area contributed by atoms with Crippen LogP contribution in [0.25, 0.3) is 0 Å². The lowest BCUT2D eigenvalue weighted by Crippen LogP contribution is -2.43. The lowest BCUT2D eigenvalue weighted by atomic mass is 9.76. The van der Waals surface area contributed by atoms with Crippen molar-refractivity contribution in [2.45, 2.75) is 52.6 Å². The third-order valence-electron chi connectivity index (χ3n) is 5.12. The SMILES string of the molecule is COC(=O)C1(C(=O)OC)CC(=O)/C=C(/C)CC[C@@H](OC)[C@H](C)/C=C/C=C(\C)C1. The van der Waals surface area contributed by atoms with Gasteiger partial charge in [0.1, 0.15) is 0 Å². The van der Waals surface area contributed by atoms with E-state index in [4.69, 9.17) is 14.2 Å². The summed E-state index contributed by atoms with van der Waals surface area (Å²) < 4.78 is 15.3. The van der Waals surface area contributed by atoms with Crippen LogP contribution in [0.5, 0.6) is 0 Å². The molecule has 0 aromatic carbocycles. The summed E-state index contributed by atoms with van der Waals surface area (Å²) in [5.41, 5.74) is -0.0636. The van der Waals surface area contributed by atoms with E-state index in [-0.39, 0.29) is 30.6 Å². The molecule has 0 aromatic rings. The van der Waals surface area contributed by atoms with Gasteiger partial charge >= 0.3 is 11.9 Å². The molecule has 0 saturated carbocycles. The van der Waals surface area contributed by atoms with Crippen LogP contribution in [0, 0.1) is 11.3 Å². The monoisotopic (exact) mass is 392 g/mol. The van der Waals surface area contributed by atoms with Gasteiger partial charge in [-0.2, -0.15) is 0 Å². The zero-order chi connectivity index (χ0) is 21.3. The molecule has 6 nitrogen and oxygen atoms in total. The van der Waals surface area contributed by atoms with E-state index in [1.807, 2.05) is 25.2 Å². The normalized spacial score (nSPS) is 28.7.